The van der Waals surface area contributed by atoms with Crippen LogP contribution in [0.2, 0.25) is 0 Å². The first-order valence-electron chi connectivity index (χ1n) is 6.69. The highest BCUT2D eigenvalue weighted by atomic mass is 19.2. The van der Waals surface area contributed by atoms with Gasteiger partial charge in [-0.3, -0.25) is 0 Å². The van der Waals surface area contributed by atoms with E-state index >= 15 is 0 Å². The van der Waals surface area contributed by atoms with Gasteiger partial charge in [0.15, 0.2) is 29.1 Å². The van der Waals surface area contributed by atoms with Gasteiger partial charge in [0.2, 0.25) is 0 Å². The van der Waals surface area contributed by atoms with Crippen molar-refractivity contribution in [1.29, 1.82) is 0 Å². The maximum atomic E-state index is 13.9. The third-order valence-electron chi connectivity index (χ3n) is 3.90. The van der Waals surface area contributed by atoms with E-state index in [0.717, 1.165) is 16.7 Å². The number of anilines is 1. The Balaban J connectivity index is 2.11. The molecule has 0 amide bonds. The molecule has 1 N–H and O–H groups in total. The maximum absolute atomic E-state index is 13.9. The Labute approximate surface area is 124 Å². The fraction of sp³-hybridized carbons (Fsp3) is 0.200. The molecule has 1 aliphatic heterocycles. The molecule has 0 aromatic heterocycles. The van der Waals surface area contributed by atoms with Gasteiger partial charge in [0.25, 0.3) is 6.85 Å². The van der Waals surface area contributed by atoms with Crippen molar-refractivity contribution in [3.63, 3.8) is 0 Å². The van der Waals surface area contributed by atoms with Crippen molar-refractivity contribution in [3.8, 4) is 0 Å². The summed E-state index contributed by atoms with van der Waals surface area (Å²) in [6, 6.07) is 3.72. The van der Waals surface area contributed by atoms with Gasteiger partial charge in [0.05, 0.1) is 0 Å². The molecule has 7 heteroatoms. The van der Waals surface area contributed by atoms with Crippen LogP contribution in [0.1, 0.15) is 16.7 Å². The molecule has 3 rings (SSSR count). The van der Waals surface area contributed by atoms with Gasteiger partial charge in [-0.15, -0.1) is 0 Å². The van der Waals surface area contributed by atoms with Crippen molar-refractivity contribution in [1.82, 2.24) is 0 Å². The van der Waals surface area contributed by atoms with Crippen LogP contribution in [0.25, 0.3) is 0 Å². The fourth-order valence-corrected chi connectivity index (χ4v) is 2.97. The molecule has 0 saturated heterocycles. The topological polar surface area (TPSA) is 12.0 Å². The van der Waals surface area contributed by atoms with Crippen molar-refractivity contribution in [2.45, 2.75) is 20.2 Å². The van der Waals surface area contributed by atoms with Gasteiger partial charge >= 0.3 is 0 Å². The van der Waals surface area contributed by atoms with Gasteiger partial charge in [-0.25, -0.2) is 22.0 Å². The lowest BCUT2D eigenvalue weighted by atomic mass is 9.54. The predicted molar refractivity (Wildman–Crippen MR) is 74.9 cm³/mol. The highest BCUT2D eigenvalue weighted by Gasteiger charge is 2.36. The van der Waals surface area contributed by atoms with E-state index in [1.165, 1.54) is 0 Å². The molecule has 0 radical (unpaired) electrons. The Bertz CT molecular complexity index is 761. The minimum absolute atomic E-state index is 0.163. The first-order chi connectivity index (χ1) is 10.3. The van der Waals surface area contributed by atoms with Crippen molar-refractivity contribution < 1.29 is 22.0 Å². The zero-order valence-electron chi connectivity index (χ0n) is 11.8. The minimum atomic E-state index is -2.14. The predicted octanol–water partition coefficient (Wildman–Crippen LogP) is 3.40. The molecule has 1 nitrogen and oxygen atoms in total. The Morgan fingerprint density at radius 2 is 1.41 bits per heavy atom. The molecule has 0 atom stereocenters. The van der Waals surface area contributed by atoms with Gasteiger partial charge in [-0.1, -0.05) is 17.7 Å². The maximum Gasteiger partial charge on any atom is 0.297 e. The molecule has 1 aliphatic rings. The molecule has 0 aliphatic carbocycles. The van der Waals surface area contributed by atoms with E-state index in [2.05, 4.69) is 5.23 Å². The molecule has 114 valence electrons. The number of nitrogens with one attached hydrogen (secondary N) is 1. The highest BCUT2D eigenvalue weighted by Crippen LogP contribution is 2.30. The SMILES string of the molecule is Cc1cc(C)c2c(c1)CB(c1c(F)c(F)c(F)c(F)c1F)N2. The first-order valence-corrected chi connectivity index (χ1v) is 6.69. The molecule has 0 saturated carbocycles. The Hall–Kier alpha value is -2.05. The second kappa shape index (κ2) is 5.00. The summed E-state index contributed by atoms with van der Waals surface area (Å²) in [7, 11) is 0. The Morgan fingerprint density at radius 1 is 0.864 bits per heavy atom. The summed E-state index contributed by atoms with van der Waals surface area (Å²) < 4.78 is 67.6. The van der Waals surface area contributed by atoms with Crippen LogP contribution in [0.5, 0.6) is 0 Å². The van der Waals surface area contributed by atoms with Crippen LogP contribution in [-0.2, 0) is 6.32 Å². The van der Waals surface area contributed by atoms with E-state index < -0.39 is 41.4 Å². The van der Waals surface area contributed by atoms with E-state index in [-0.39, 0.29) is 6.32 Å². The normalized spacial score (nSPS) is 13.3. The lowest BCUT2D eigenvalue weighted by Gasteiger charge is -2.13. The third-order valence-corrected chi connectivity index (χ3v) is 3.90. The van der Waals surface area contributed by atoms with Crippen LogP contribution < -0.4 is 10.7 Å². The number of rotatable bonds is 1. The summed E-state index contributed by atoms with van der Waals surface area (Å²) in [4.78, 5) is 0. The largest absolute Gasteiger partial charge is 0.423 e. The van der Waals surface area contributed by atoms with E-state index in [1.807, 2.05) is 26.0 Å². The zero-order valence-corrected chi connectivity index (χ0v) is 11.8. The summed E-state index contributed by atoms with van der Waals surface area (Å²) in [6.45, 7) is 2.71. The summed E-state index contributed by atoms with van der Waals surface area (Å²) in [5, 5.41) is 2.87. The van der Waals surface area contributed by atoms with Crippen LogP contribution >= 0.6 is 0 Å². The van der Waals surface area contributed by atoms with Gasteiger partial charge in [0, 0.05) is 11.2 Å². The van der Waals surface area contributed by atoms with Crippen molar-refractivity contribution in [3.05, 3.63) is 57.9 Å². The molecular weight excluding hydrogens is 300 g/mol. The monoisotopic (exact) mass is 311 g/mol. The molecule has 2 aromatic carbocycles. The highest BCUT2D eigenvalue weighted by molar-refractivity contribution is 6.77. The van der Waals surface area contributed by atoms with Gasteiger partial charge < -0.3 is 5.23 Å². The number of benzene rings is 2. The fourth-order valence-electron chi connectivity index (χ4n) is 2.97. The van der Waals surface area contributed by atoms with Crippen molar-refractivity contribution >= 4 is 18.0 Å². The molecule has 0 spiro atoms. The molecule has 2 aromatic rings. The van der Waals surface area contributed by atoms with Crippen LogP contribution in [-0.4, -0.2) is 6.85 Å². The number of aryl methyl sites for hydroxylation is 2. The lowest BCUT2D eigenvalue weighted by molar-refractivity contribution is 0.384. The average Bonchev–Trinajstić information content (AvgIpc) is 2.87. The quantitative estimate of drug-likeness (QED) is 0.368. The number of hydrogen-bond donors (Lipinski definition) is 1. The molecule has 1 heterocycles. The number of fused-ring (bicyclic) bond motifs is 1. The van der Waals surface area contributed by atoms with E-state index in [1.54, 1.807) is 0 Å². The summed E-state index contributed by atoms with van der Waals surface area (Å²) >= 11 is 0. The molecule has 0 fully saturated rings. The second-order valence-electron chi connectivity index (χ2n) is 5.50. The van der Waals surface area contributed by atoms with Crippen molar-refractivity contribution in [2.75, 3.05) is 5.23 Å². The summed E-state index contributed by atoms with van der Waals surface area (Å²) in [6.07, 6.45) is 0.163. The van der Waals surface area contributed by atoms with Crippen molar-refractivity contribution in [2.24, 2.45) is 0 Å². The Kier molecular flexibility index (Phi) is 3.38. The average molecular weight is 311 g/mol. The van der Waals surface area contributed by atoms with Crippen LogP contribution in [0.3, 0.4) is 0 Å². The van der Waals surface area contributed by atoms with Crippen LogP contribution in [0.4, 0.5) is 27.6 Å². The molecule has 0 unspecified atom stereocenters. The van der Waals surface area contributed by atoms with Gasteiger partial charge in [-0.05, 0) is 31.3 Å². The van der Waals surface area contributed by atoms with Gasteiger partial charge in [-0.2, -0.15) is 0 Å². The van der Waals surface area contributed by atoms with Crippen LogP contribution in [0, 0.1) is 42.9 Å². The zero-order chi connectivity index (χ0) is 16.2. The lowest BCUT2D eigenvalue weighted by Crippen LogP contribution is -2.43. The summed E-state index contributed by atoms with van der Waals surface area (Å²) in [5.74, 6) is -9.53. The number of hydrogen-bond acceptors (Lipinski definition) is 1. The second-order valence-corrected chi connectivity index (χ2v) is 5.50. The Morgan fingerprint density at radius 3 is 2.00 bits per heavy atom. The number of halogens is 5. The summed E-state index contributed by atoms with van der Waals surface area (Å²) in [5.41, 5.74) is 2.49. The minimum Gasteiger partial charge on any atom is -0.423 e. The molecule has 22 heavy (non-hydrogen) atoms. The third kappa shape index (κ3) is 2.07. The van der Waals surface area contributed by atoms with Gasteiger partial charge in [0.1, 0.15) is 0 Å². The van der Waals surface area contributed by atoms with E-state index in [9.17, 15) is 22.0 Å². The smallest absolute Gasteiger partial charge is 0.297 e. The standard InChI is InChI=1S/C15H11BF5N/c1-6-3-7(2)15-8(4-6)5-16(22-15)9-10(17)12(19)14(21)13(20)11(9)18/h3-4,22H,5H2,1-2H3. The van der Waals surface area contributed by atoms with Crippen LogP contribution in [0.15, 0.2) is 12.1 Å². The first kappa shape index (κ1) is 14.9. The van der Waals surface area contributed by atoms with E-state index in [0.29, 0.717) is 5.69 Å². The molecular formula is C15H11BF5N. The van der Waals surface area contributed by atoms with E-state index in [4.69, 9.17) is 0 Å². The molecule has 0 bridgehead atoms.